The lowest BCUT2D eigenvalue weighted by atomic mass is 9.88. The Bertz CT molecular complexity index is 2200. The lowest BCUT2D eigenvalue weighted by molar-refractivity contribution is 1.28. The first-order valence-electron chi connectivity index (χ1n) is 15.4. The first kappa shape index (κ1) is 26.7. The van der Waals surface area contributed by atoms with Crippen LogP contribution in [0.4, 0.5) is 17.1 Å². The van der Waals surface area contributed by atoms with Crippen LogP contribution in [0, 0.1) is 0 Å². The molecule has 0 aromatic heterocycles. The normalized spacial score (nSPS) is 11.1. The van der Waals surface area contributed by atoms with Crippen LogP contribution >= 0.6 is 0 Å². The predicted molar refractivity (Wildman–Crippen MR) is 192 cm³/mol. The first-order chi connectivity index (χ1) is 22.3. The number of anilines is 3. The van der Waals surface area contributed by atoms with Crippen LogP contribution in [0.5, 0.6) is 0 Å². The molecule has 0 N–H and O–H groups in total. The highest BCUT2D eigenvalue weighted by atomic mass is 15.1. The van der Waals surface area contributed by atoms with Crippen molar-refractivity contribution in [2.45, 2.75) is 0 Å². The fraction of sp³-hybridized carbons (Fsp3) is 0. The van der Waals surface area contributed by atoms with E-state index in [1.54, 1.807) is 0 Å². The summed E-state index contributed by atoms with van der Waals surface area (Å²) in [5.41, 5.74) is 10.7. The predicted octanol–water partition coefficient (Wildman–Crippen LogP) is 12.5. The van der Waals surface area contributed by atoms with Gasteiger partial charge in [0.15, 0.2) is 0 Å². The van der Waals surface area contributed by atoms with E-state index >= 15 is 0 Å². The van der Waals surface area contributed by atoms with E-state index in [-0.39, 0.29) is 0 Å². The number of hydrogen-bond acceptors (Lipinski definition) is 1. The zero-order valence-corrected chi connectivity index (χ0v) is 24.8. The molecule has 212 valence electrons. The topological polar surface area (TPSA) is 3.24 Å². The maximum atomic E-state index is 2.35. The van der Waals surface area contributed by atoms with Gasteiger partial charge in [-0.2, -0.15) is 0 Å². The van der Waals surface area contributed by atoms with E-state index in [1.165, 1.54) is 54.9 Å². The molecule has 0 aliphatic rings. The minimum absolute atomic E-state index is 1.13. The molecule has 0 atom stereocenters. The molecule has 0 spiro atoms. The van der Waals surface area contributed by atoms with Crippen molar-refractivity contribution in [1.29, 1.82) is 0 Å². The molecule has 8 rings (SSSR count). The van der Waals surface area contributed by atoms with Gasteiger partial charge in [-0.05, 0) is 97.4 Å². The standard InChI is InChI=1S/C44H31N/c1-4-14-33(15-5-1)43-31-36-16-10-11-23-40(36)42-25-13-24-41(44(42)43)34-28-26-32(27-29-34)35-17-12-22-39(30-35)45(37-18-6-2-7-19-37)38-20-8-3-9-21-38/h1-31H. The molecular formula is C44H31N. The summed E-state index contributed by atoms with van der Waals surface area (Å²) in [4.78, 5) is 2.31. The molecule has 8 aromatic rings. The molecule has 0 fully saturated rings. The summed E-state index contributed by atoms with van der Waals surface area (Å²) in [7, 11) is 0. The van der Waals surface area contributed by atoms with E-state index in [1.807, 2.05) is 0 Å². The molecular weight excluding hydrogens is 542 g/mol. The van der Waals surface area contributed by atoms with E-state index in [0.29, 0.717) is 0 Å². The van der Waals surface area contributed by atoms with Gasteiger partial charge < -0.3 is 4.90 Å². The summed E-state index contributed by atoms with van der Waals surface area (Å²) in [5, 5.41) is 5.11. The lowest BCUT2D eigenvalue weighted by Gasteiger charge is -2.26. The Morgan fingerprint density at radius 1 is 0.289 bits per heavy atom. The summed E-state index contributed by atoms with van der Waals surface area (Å²) in [6.45, 7) is 0. The summed E-state index contributed by atoms with van der Waals surface area (Å²) >= 11 is 0. The molecule has 0 bridgehead atoms. The maximum Gasteiger partial charge on any atom is 0.0467 e. The molecule has 0 aliphatic carbocycles. The van der Waals surface area contributed by atoms with Gasteiger partial charge in [-0.15, -0.1) is 0 Å². The Morgan fingerprint density at radius 3 is 1.51 bits per heavy atom. The zero-order chi connectivity index (χ0) is 30.0. The van der Waals surface area contributed by atoms with Crippen LogP contribution in [-0.4, -0.2) is 0 Å². The Balaban J connectivity index is 1.23. The number of para-hydroxylation sites is 2. The van der Waals surface area contributed by atoms with Crippen molar-refractivity contribution in [3.05, 3.63) is 188 Å². The largest absolute Gasteiger partial charge is 0.310 e. The number of fused-ring (bicyclic) bond motifs is 3. The zero-order valence-electron chi connectivity index (χ0n) is 24.8. The summed E-state index contributed by atoms with van der Waals surface area (Å²) in [6, 6.07) is 67.5. The SMILES string of the molecule is c1ccc(-c2cc3ccccc3c3cccc(-c4ccc(-c5cccc(N(c6ccccc6)c6ccccc6)c5)cc4)c23)cc1. The van der Waals surface area contributed by atoms with Gasteiger partial charge in [-0.1, -0.05) is 146 Å². The van der Waals surface area contributed by atoms with Crippen LogP contribution in [0.1, 0.15) is 0 Å². The van der Waals surface area contributed by atoms with E-state index in [2.05, 4.69) is 193 Å². The van der Waals surface area contributed by atoms with Gasteiger partial charge in [0.1, 0.15) is 0 Å². The average Bonchev–Trinajstić information content (AvgIpc) is 3.13. The van der Waals surface area contributed by atoms with E-state index in [4.69, 9.17) is 0 Å². The molecule has 0 radical (unpaired) electrons. The van der Waals surface area contributed by atoms with Gasteiger partial charge in [0.25, 0.3) is 0 Å². The third-order valence-corrected chi connectivity index (χ3v) is 8.63. The Morgan fingerprint density at radius 2 is 0.800 bits per heavy atom. The lowest BCUT2D eigenvalue weighted by Crippen LogP contribution is -2.09. The minimum atomic E-state index is 1.13. The van der Waals surface area contributed by atoms with Gasteiger partial charge >= 0.3 is 0 Å². The van der Waals surface area contributed by atoms with Gasteiger partial charge in [0.05, 0.1) is 0 Å². The third kappa shape index (κ3) is 5.05. The van der Waals surface area contributed by atoms with Crippen LogP contribution in [0.2, 0.25) is 0 Å². The quantitative estimate of drug-likeness (QED) is 0.179. The maximum absolute atomic E-state index is 2.35. The third-order valence-electron chi connectivity index (χ3n) is 8.63. The number of nitrogens with zero attached hydrogens (tertiary/aromatic N) is 1. The van der Waals surface area contributed by atoms with Crippen molar-refractivity contribution in [1.82, 2.24) is 0 Å². The van der Waals surface area contributed by atoms with Crippen molar-refractivity contribution in [2.24, 2.45) is 0 Å². The van der Waals surface area contributed by atoms with E-state index < -0.39 is 0 Å². The Hall–Kier alpha value is -5.92. The molecule has 0 aliphatic heterocycles. The second-order valence-electron chi connectivity index (χ2n) is 11.4. The highest BCUT2D eigenvalue weighted by Gasteiger charge is 2.15. The number of hydrogen-bond donors (Lipinski definition) is 0. The van der Waals surface area contributed by atoms with Gasteiger partial charge in [0.2, 0.25) is 0 Å². The highest BCUT2D eigenvalue weighted by molar-refractivity contribution is 6.18. The van der Waals surface area contributed by atoms with Crippen LogP contribution < -0.4 is 4.90 Å². The number of benzene rings is 8. The molecule has 0 saturated carbocycles. The van der Waals surface area contributed by atoms with Gasteiger partial charge in [-0.3, -0.25) is 0 Å². The molecule has 0 saturated heterocycles. The number of rotatable bonds is 6. The van der Waals surface area contributed by atoms with Crippen LogP contribution in [-0.2, 0) is 0 Å². The monoisotopic (exact) mass is 573 g/mol. The van der Waals surface area contributed by atoms with Crippen molar-refractivity contribution in [2.75, 3.05) is 4.90 Å². The highest BCUT2D eigenvalue weighted by Crippen LogP contribution is 2.41. The fourth-order valence-electron chi connectivity index (χ4n) is 6.52. The first-order valence-corrected chi connectivity index (χ1v) is 15.4. The van der Waals surface area contributed by atoms with Crippen LogP contribution in [0.25, 0.3) is 54.9 Å². The smallest absolute Gasteiger partial charge is 0.0467 e. The van der Waals surface area contributed by atoms with Gasteiger partial charge in [-0.25, -0.2) is 0 Å². The van der Waals surface area contributed by atoms with Crippen molar-refractivity contribution < 1.29 is 0 Å². The second-order valence-corrected chi connectivity index (χ2v) is 11.4. The molecule has 8 aromatic carbocycles. The second kappa shape index (κ2) is 11.6. The fourth-order valence-corrected chi connectivity index (χ4v) is 6.52. The summed E-state index contributed by atoms with van der Waals surface area (Å²) in [5.74, 6) is 0. The molecule has 45 heavy (non-hydrogen) atoms. The van der Waals surface area contributed by atoms with Gasteiger partial charge in [0, 0.05) is 17.1 Å². The Kier molecular flexibility index (Phi) is 6.90. The molecule has 0 amide bonds. The molecule has 0 unspecified atom stereocenters. The van der Waals surface area contributed by atoms with Crippen molar-refractivity contribution >= 4 is 38.6 Å². The minimum Gasteiger partial charge on any atom is -0.310 e. The molecule has 1 heteroatoms. The molecule has 0 heterocycles. The van der Waals surface area contributed by atoms with Crippen LogP contribution in [0.15, 0.2) is 188 Å². The molecule has 1 nitrogen and oxygen atoms in total. The van der Waals surface area contributed by atoms with E-state index in [9.17, 15) is 0 Å². The summed E-state index contributed by atoms with van der Waals surface area (Å²) in [6.07, 6.45) is 0. The average molecular weight is 574 g/mol. The van der Waals surface area contributed by atoms with Crippen molar-refractivity contribution in [3.8, 4) is 33.4 Å². The van der Waals surface area contributed by atoms with Crippen molar-refractivity contribution in [3.63, 3.8) is 0 Å². The van der Waals surface area contributed by atoms with E-state index in [0.717, 1.165) is 17.1 Å². The summed E-state index contributed by atoms with van der Waals surface area (Å²) < 4.78 is 0. The van der Waals surface area contributed by atoms with Crippen LogP contribution in [0.3, 0.4) is 0 Å². The Labute approximate surface area is 264 Å².